The third kappa shape index (κ3) is 9.67. The molecule has 4 heterocycles. The van der Waals surface area contributed by atoms with Gasteiger partial charge in [0.05, 0.1) is 12.7 Å². The van der Waals surface area contributed by atoms with E-state index >= 15 is 0 Å². The number of ether oxygens (including phenoxy) is 7. The summed E-state index contributed by atoms with van der Waals surface area (Å²) in [5.41, 5.74) is -1.50. The van der Waals surface area contributed by atoms with Gasteiger partial charge in [-0.2, -0.15) is 0 Å². The van der Waals surface area contributed by atoms with Crippen molar-refractivity contribution < 1.29 is 114 Å². The van der Waals surface area contributed by atoms with E-state index in [9.17, 15) is 81.1 Å². The Bertz CT molecular complexity index is 2470. The summed E-state index contributed by atoms with van der Waals surface area (Å²) >= 11 is 0. The van der Waals surface area contributed by atoms with Crippen LogP contribution in [0.2, 0.25) is 0 Å². The van der Waals surface area contributed by atoms with Crippen molar-refractivity contribution in [1.29, 1.82) is 0 Å². The summed E-state index contributed by atoms with van der Waals surface area (Å²) in [6.07, 6.45) is -25.1. The molecule has 15 atom stereocenters. The highest BCUT2D eigenvalue weighted by molar-refractivity contribution is 5.89. The van der Waals surface area contributed by atoms with E-state index in [0.29, 0.717) is 0 Å². The monoisotopic (exact) mass is 934 g/mol. The smallest absolute Gasteiger partial charge is 0.330 e. The number of carbonyl (C=O) groups excluding carboxylic acids is 1. The molecule has 3 aliphatic heterocycles. The number of hydrogen-bond acceptors (Lipinski definition) is 24. The van der Waals surface area contributed by atoms with Crippen molar-refractivity contribution >= 4 is 23.0 Å². The van der Waals surface area contributed by atoms with E-state index in [2.05, 4.69) is 0 Å². The van der Waals surface area contributed by atoms with Crippen LogP contribution >= 0.6 is 0 Å². The number of phenols is 5. The van der Waals surface area contributed by atoms with Gasteiger partial charge in [0.1, 0.15) is 90.1 Å². The number of benzene rings is 3. The summed E-state index contributed by atoms with van der Waals surface area (Å²) in [5, 5.41) is 146. The maximum absolute atomic E-state index is 14.4. The highest BCUT2D eigenvalue weighted by atomic mass is 16.8. The fraction of sp³-hybridized carbons (Fsp3) is 0.429. The van der Waals surface area contributed by atoms with E-state index in [1.54, 1.807) is 0 Å². The predicted octanol–water partition coefficient (Wildman–Crippen LogP) is -2.54. The molecule has 3 saturated heterocycles. The second kappa shape index (κ2) is 19.6. The summed E-state index contributed by atoms with van der Waals surface area (Å²) in [4.78, 5) is 26.9. The number of phenolic OH excluding ortho intramolecular Hbond substituents is 5. The zero-order valence-corrected chi connectivity index (χ0v) is 34.2. The first-order chi connectivity index (χ1) is 31.3. The summed E-state index contributed by atoms with van der Waals surface area (Å²) in [6, 6.07) is 8.79. The Morgan fingerprint density at radius 2 is 1.29 bits per heavy atom. The average molecular weight is 935 g/mol. The van der Waals surface area contributed by atoms with Crippen LogP contribution in [0.15, 0.2) is 63.8 Å². The van der Waals surface area contributed by atoms with Gasteiger partial charge < -0.3 is 109 Å². The molecule has 358 valence electrons. The van der Waals surface area contributed by atoms with Gasteiger partial charge in [0.15, 0.2) is 41.2 Å². The molecule has 3 aromatic carbocycles. The van der Waals surface area contributed by atoms with Crippen LogP contribution in [0.1, 0.15) is 12.5 Å². The molecular weight excluding hydrogens is 888 g/mol. The number of aromatic hydroxyl groups is 5. The van der Waals surface area contributed by atoms with Crippen molar-refractivity contribution in [1.82, 2.24) is 0 Å². The molecule has 1 aromatic heterocycles. The molecule has 4 aromatic rings. The minimum Gasteiger partial charge on any atom is -0.507 e. The van der Waals surface area contributed by atoms with Gasteiger partial charge in [0, 0.05) is 23.8 Å². The lowest BCUT2D eigenvalue weighted by Gasteiger charge is -2.45. The molecule has 14 N–H and O–H groups in total. The average Bonchev–Trinajstić information content (AvgIpc) is 3.28. The van der Waals surface area contributed by atoms with Gasteiger partial charge in [0.25, 0.3) is 0 Å². The van der Waals surface area contributed by atoms with Crippen LogP contribution in [-0.4, -0.2) is 183 Å². The molecule has 0 bridgehead atoms. The Morgan fingerprint density at radius 1 is 0.652 bits per heavy atom. The first-order valence-corrected chi connectivity index (χ1v) is 20.0. The molecule has 0 aliphatic carbocycles. The van der Waals surface area contributed by atoms with Crippen molar-refractivity contribution in [3.05, 3.63) is 70.4 Å². The third-order valence-electron chi connectivity index (χ3n) is 11.0. The van der Waals surface area contributed by atoms with Gasteiger partial charge in [-0.05, 0) is 48.9 Å². The fourth-order valence-electron chi connectivity index (χ4n) is 7.29. The molecule has 0 saturated carbocycles. The Balaban J connectivity index is 1.19. The lowest BCUT2D eigenvalue weighted by Crippen LogP contribution is -2.65. The molecule has 3 fully saturated rings. The fourth-order valence-corrected chi connectivity index (χ4v) is 7.29. The molecule has 66 heavy (non-hydrogen) atoms. The van der Waals surface area contributed by atoms with Gasteiger partial charge in [0.2, 0.25) is 23.8 Å². The van der Waals surface area contributed by atoms with Crippen LogP contribution in [0, 0.1) is 0 Å². The molecule has 0 radical (unpaired) electrons. The normalized spacial score (nSPS) is 32.6. The van der Waals surface area contributed by atoms with E-state index in [-0.39, 0.29) is 16.9 Å². The number of carbonyl (C=O) groups is 1. The molecule has 0 amide bonds. The van der Waals surface area contributed by atoms with E-state index < -0.39 is 168 Å². The zero-order valence-electron chi connectivity index (χ0n) is 34.2. The molecule has 24 heteroatoms. The molecule has 7 rings (SSSR count). The molecular formula is C42H46O24. The maximum atomic E-state index is 14.4. The van der Waals surface area contributed by atoms with Gasteiger partial charge in [-0.1, -0.05) is 6.07 Å². The SMILES string of the molecule is CC1OC(Oc2cc(O)c3c(=O)c(OC4OC(CO)C(O)C(O)C4OC4OC(COC(=O)C=Cc5ccc(O)c(O)c5)C(O)C(O)C4O)c(-c4ccc(O)c(O)c4)oc3c2)C(O)C(O)C1O. The number of rotatable bonds is 12. The molecule has 0 spiro atoms. The van der Waals surface area contributed by atoms with Gasteiger partial charge in [-0.15, -0.1) is 0 Å². The van der Waals surface area contributed by atoms with Crippen molar-refractivity contribution in [2.45, 2.75) is 99.0 Å². The number of hydrogen-bond donors (Lipinski definition) is 14. The van der Waals surface area contributed by atoms with Gasteiger partial charge in [-0.25, -0.2) is 4.79 Å². The van der Waals surface area contributed by atoms with Crippen LogP contribution in [0.5, 0.6) is 40.2 Å². The van der Waals surface area contributed by atoms with E-state index in [4.69, 9.17) is 37.6 Å². The minimum atomic E-state index is -2.12. The number of fused-ring (bicyclic) bond motifs is 1. The zero-order chi connectivity index (χ0) is 47.9. The van der Waals surface area contributed by atoms with E-state index in [1.807, 2.05) is 0 Å². The quantitative estimate of drug-likeness (QED) is 0.0395. The lowest BCUT2D eigenvalue weighted by atomic mass is 9.97. The minimum absolute atomic E-state index is 0.175. The second-order valence-corrected chi connectivity index (χ2v) is 15.6. The second-order valence-electron chi connectivity index (χ2n) is 15.6. The van der Waals surface area contributed by atoms with E-state index in [0.717, 1.165) is 42.5 Å². The highest BCUT2D eigenvalue weighted by Crippen LogP contribution is 2.41. The maximum Gasteiger partial charge on any atom is 0.330 e. The van der Waals surface area contributed by atoms with Crippen LogP contribution in [-0.2, 0) is 28.5 Å². The van der Waals surface area contributed by atoms with Crippen molar-refractivity contribution in [3.8, 4) is 51.6 Å². The number of aliphatic hydroxyl groups is 9. The standard InChI is InChI=1S/C42H46O24/c1-14-28(50)32(54)35(57)40(60-14)61-17-10-22(48)27-23(11-17)62-37(16-4-6-19(45)21(47)9-16)38(31(27)53)65-42-39(34(56)29(51)24(12-43)63-42)66-41-36(58)33(55)30(52)25(64-41)13-59-26(49)7-3-15-2-5-18(44)20(46)8-15/h2-11,14,24-25,28-30,32-36,39-48,50-52,54-58H,12-13H2,1H3. The van der Waals surface area contributed by atoms with Gasteiger partial charge >= 0.3 is 5.97 Å². The van der Waals surface area contributed by atoms with Crippen molar-refractivity contribution in [2.24, 2.45) is 0 Å². The summed E-state index contributed by atoms with van der Waals surface area (Å²) in [5.74, 6) is -5.72. The topological polar surface area (TPSA) is 395 Å². The summed E-state index contributed by atoms with van der Waals surface area (Å²) in [6.45, 7) is -0.340. The van der Waals surface area contributed by atoms with Gasteiger partial charge in [-0.3, -0.25) is 4.79 Å². The lowest BCUT2D eigenvalue weighted by molar-refractivity contribution is -0.358. The summed E-state index contributed by atoms with van der Waals surface area (Å²) in [7, 11) is 0. The summed E-state index contributed by atoms with van der Waals surface area (Å²) < 4.78 is 45.4. The Labute approximate surface area is 370 Å². The van der Waals surface area contributed by atoms with Crippen LogP contribution in [0.25, 0.3) is 28.4 Å². The predicted molar refractivity (Wildman–Crippen MR) is 216 cm³/mol. The number of aliphatic hydroxyl groups excluding tert-OH is 9. The molecule has 15 unspecified atom stereocenters. The van der Waals surface area contributed by atoms with Crippen LogP contribution in [0.4, 0.5) is 0 Å². The van der Waals surface area contributed by atoms with E-state index in [1.165, 1.54) is 25.1 Å². The van der Waals surface area contributed by atoms with Crippen LogP contribution in [0.3, 0.4) is 0 Å². The van der Waals surface area contributed by atoms with Crippen molar-refractivity contribution in [2.75, 3.05) is 13.2 Å². The first kappa shape index (κ1) is 48.1. The molecule has 3 aliphatic rings. The third-order valence-corrected chi connectivity index (χ3v) is 11.0. The Morgan fingerprint density at radius 3 is 1.97 bits per heavy atom. The Hall–Kier alpha value is -5.84. The van der Waals surface area contributed by atoms with Crippen molar-refractivity contribution in [3.63, 3.8) is 0 Å². The largest absolute Gasteiger partial charge is 0.507 e. The Kier molecular flexibility index (Phi) is 14.3. The highest BCUT2D eigenvalue weighted by Gasteiger charge is 2.52. The first-order valence-electron chi connectivity index (χ1n) is 20.0. The van der Waals surface area contributed by atoms with Crippen LogP contribution < -0.4 is 14.9 Å². The number of esters is 1. The molecule has 24 nitrogen and oxygen atoms in total.